The van der Waals surface area contributed by atoms with E-state index in [0.717, 1.165) is 0 Å². The Labute approximate surface area is 167 Å². The lowest BCUT2D eigenvalue weighted by Gasteiger charge is -2.10. The Morgan fingerprint density at radius 2 is 1.61 bits per heavy atom. The fourth-order valence-electron chi connectivity index (χ4n) is 2.22. The first-order valence-corrected chi connectivity index (χ1v) is 8.78. The lowest BCUT2D eigenvalue weighted by molar-refractivity contribution is -0.131. The molecule has 0 amide bonds. The van der Waals surface area contributed by atoms with Gasteiger partial charge in [-0.15, -0.1) is 0 Å². The Morgan fingerprint density at radius 3 is 2.25 bits per heavy atom. The van der Waals surface area contributed by atoms with E-state index in [1.165, 1.54) is 26.0 Å². The first kappa shape index (κ1) is 21.2. The standard InChI is InChI=1S/C20H19ClO7/c1-13(21)27-20(24)26-12-16-7-5-6-15(10-16)11-25-19(23)17-8-3-4-9-18(17)28-14(2)22/h3-10,13H,11-12H2,1-2H3. The minimum Gasteiger partial charge on any atom is -0.457 e. The molecule has 0 saturated carbocycles. The molecule has 0 N–H and O–H groups in total. The number of halogens is 1. The van der Waals surface area contributed by atoms with E-state index in [2.05, 4.69) is 4.74 Å². The van der Waals surface area contributed by atoms with E-state index in [1.807, 2.05) is 0 Å². The van der Waals surface area contributed by atoms with Gasteiger partial charge in [0, 0.05) is 6.92 Å². The summed E-state index contributed by atoms with van der Waals surface area (Å²) in [5, 5.41) is 0. The third-order valence-electron chi connectivity index (χ3n) is 3.34. The van der Waals surface area contributed by atoms with E-state index in [1.54, 1.807) is 36.4 Å². The molecule has 0 aromatic heterocycles. The van der Waals surface area contributed by atoms with Gasteiger partial charge >= 0.3 is 18.1 Å². The van der Waals surface area contributed by atoms with Crippen molar-refractivity contribution in [2.24, 2.45) is 0 Å². The predicted molar refractivity (Wildman–Crippen MR) is 99.9 cm³/mol. The van der Waals surface area contributed by atoms with E-state index in [-0.39, 0.29) is 24.5 Å². The van der Waals surface area contributed by atoms with Crippen molar-refractivity contribution in [2.75, 3.05) is 0 Å². The van der Waals surface area contributed by atoms with Gasteiger partial charge in [-0.3, -0.25) is 4.79 Å². The van der Waals surface area contributed by atoms with Crippen molar-refractivity contribution in [3.8, 4) is 5.75 Å². The summed E-state index contributed by atoms with van der Waals surface area (Å²) in [4.78, 5) is 34.8. The molecular formula is C20H19ClO7. The van der Waals surface area contributed by atoms with Crippen molar-refractivity contribution in [2.45, 2.75) is 32.6 Å². The highest BCUT2D eigenvalue weighted by atomic mass is 35.5. The number of benzene rings is 2. The number of carbonyl (C=O) groups is 3. The molecule has 1 atom stereocenters. The lowest BCUT2D eigenvalue weighted by Crippen LogP contribution is -2.11. The van der Waals surface area contributed by atoms with Crippen LogP contribution in [0.5, 0.6) is 5.75 Å². The van der Waals surface area contributed by atoms with Gasteiger partial charge in [0.1, 0.15) is 24.5 Å². The van der Waals surface area contributed by atoms with Crippen LogP contribution in [0.3, 0.4) is 0 Å². The second-order valence-corrected chi connectivity index (χ2v) is 6.30. The third kappa shape index (κ3) is 6.92. The van der Waals surface area contributed by atoms with Gasteiger partial charge in [-0.25, -0.2) is 9.59 Å². The van der Waals surface area contributed by atoms with Crippen LogP contribution in [0.1, 0.15) is 35.3 Å². The summed E-state index contributed by atoms with van der Waals surface area (Å²) in [5.74, 6) is -1.03. The van der Waals surface area contributed by atoms with E-state index in [0.29, 0.717) is 11.1 Å². The molecule has 8 heteroatoms. The second kappa shape index (κ2) is 10.3. The SMILES string of the molecule is CC(=O)Oc1ccccc1C(=O)OCc1cccc(COC(=O)OC(C)Cl)c1. The van der Waals surface area contributed by atoms with Crippen LogP contribution in [0.4, 0.5) is 4.79 Å². The van der Waals surface area contributed by atoms with Crippen molar-refractivity contribution in [3.05, 3.63) is 65.2 Å². The lowest BCUT2D eigenvalue weighted by atomic mass is 10.1. The summed E-state index contributed by atoms with van der Waals surface area (Å²) in [6.07, 6.45) is -0.874. The summed E-state index contributed by atoms with van der Waals surface area (Å²) < 4.78 is 19.9. The van der Waals surface area contributed by atoms with Gasteiger partial charge in [0.25, 0.3) is 0 Å². The molecule has 0 bridgehead atoms. The fraction of sp³-hybridized carbons (Fsp3) is 0.250. The number of para-hydroxylation sites is 1. The van der Waals surface area contributed by atoms with Crippen LogP contribution in [0.15, 0.2) is 48.5 Å². The van der Waals surface area contributed by atoms with Crippen molar-refractivity contribution >= 4 is 29.7 Å². The highest BCUT2D eigenvalue weighted by molar-refractivity contribution is 6.19. The minimum absolute atomic E-state index is 0.00968. The molecule has 0 aliphatic heterocycles. The van der Waals surface area contributed by atoms with Gasteiger partial charge in [0.15, 0.2) is 5.56 Å². The molecule has 0 aliphatic carbocycles. The molecule has 7 nitrogen and oxygen atoms in total. The zero-order chi connectivity index (χ0) is 20.5. The average molecular weight is 407 g/mol. The maximum Gasteiger partial charge on any atom is 0.510 e. The van der Waals surface area contributed by atoms with Crippen molar-refractivity contribution in [1.82, 2.24) is 0 Å². The van der Waals surface area contributed by atoms with Crippen LogP contribution in [0.2, 0.25) is 0 Å². The van der Waals surface area contributed by atoms with Crippen LogP contribution in [-0.4, -0.2) is 23.7 Å². The Kier molecular flexibility index (Phi) is 7.83. The Bertz CT molecular complexity index is 848. The van der Waals surface area contributed by atoms with Gasteiger partial charge in [0.2, 0.25) is 0 Å². The van der Waals surface area contributed by atoms with Crippen LogP contribution < -0.4 is 4.74 Å². The highest BCUT2D eigenvalue weighted by Gasteiger charge is 2.15. The Balaban J connectivity index is 1.95. The largest absolute Gasteiger partial charge is 0.510 e. The monoisotopic (exact) mass is 406 g/mol. The minimum atomic E-state index is -0.874. The second-order valence-electron chi connectivity index (χ2n) is 5.69. The van der Waals surface area contributed by atoms with Crippen LogP contribution in [0, 0.1) is 0 Å². The molecule has 28 heavy (non-hydrogen) atoms. The van der Waals surface area contributed by atoms with Crippen molar-refractivity contribution < 1.29 is 33.3 Å². The number of alkyl halides is 1. The van der Waals surface area contributed by atoms with Gasteiger partial charge in [-0.05, 0) is 36.2 Å². The number of esters is 2. The van der Waals surface area contributed by atoms with Gasteiger partial charge in [-0.2, -0.15) is 0 Å². The number of hydrogen-bond acceptors (Lipinski definition) is 7. The van der Waals surface area contributed by atoms with Crippen LogP contribution >= 0.6 is 11.6 Å². The normalized spacial score (nSPS) is 11.2. The Morgan fingerprint density at radius 1 is 0.964 bits per heavy atom. The smallest absolute Gasteiger partial charge is 0.457 e. The molecule has 1 unspecified atom stereocenters. The average Bonchev–Trinajstić information content (AvgIpc) is 2.64. The van der Waals surface area contributed by atoms with Gasteiger partial charge in [-0.1, -0.05) is 41.9 Å². The summed E-state index contributed by atoms with van der Waals surface area (Å²) in [5.41, 5.74) is 0.745. The van der Waals surface area contributed by atoms with E-state index >= 15 is 0 Å². The summed E-state index contributed by atoms with van der Waals surface area (Å²) >= 11 is 5.54. The van der Waals surface area contributed by atoms with Crippen molar-refractivity contribution in [1.29, 1.82) is 0 Å². The topological polar surface area (TPSA) is 88.1 Å². The van der Waals surface area contributed by atoms with Crippen LogP contribution in [0.25, 0.3) is 0 Å². The summed E-state index contributed by atoms with van der Waals surface area (Å²) in [6, 6.07) is 13.3. The maximum atomic E-state index is 12.3. The zero-order valence-corrected chi connectivity index (χ0v) is 16.1. The highest BCUT2D eigenvalue weighted by Crippen LogP contribution is 2.20. The molecule has 0 saturated heterocycles. The Hall–Kier alpha value is -3.06. The first-order valence-electron chi connectivity index (χ1n) is 8.35. The van der Waals surface area contributed by atoms with E-state index in [9.17, 15) is 14.4 Å². The van der Waals surface area contributed by atoms with Gasteiger partial charge in [0.05, 0.1) is 0 Å². The first-order chi connectivity index (χ1) is 13.3. The molecule has 148 valence electrons. The number of carbonyl (C=O) groups excluding carboxylic acids is 3. The molecule has 0 fully saturated rings. The summed E-state index contributed by atoms with van der Waals surface area (Å²) in [7, 11) is 0. The number of rotatable bonds is 7. The molecule has 0 spiro atoms. The quantitative estimate of drug-likeness (QED) is 0.386. The number of hydrogen-bond donors (Lipinski definition) is 0. The molecule has 0 heterocycles. The number of ether oxygens (including phenoxy) is 4. The zero-order valence-electron chi connectivity index (χ0n) is 15.3. The molecule has 0 radical (unpaired) electrons. The summed E-state index contributed by atoms with van der Waals surface area (Å²) in [6.45, 7) is 2.72. The molecule has 2 aromatic carbocycles. The van der Waals surface area contributed by atoms with Gasteiger partial charge < -0.3 is 18.9 Å². The van der Waals surface area contributed by atoms with E-state index < -0.39 is 23.7 Å². The molecule has 2 aromatic rings. The molecular weight excluding hydrogens is 388 g/mol. The third-order valence-corrected chi connectivity index (χ3v) is 3.43. The molecule has 2 rings (SSSR count). The van der Waals surface area contributed by atoms with Crippen molar-refractivity contribution in [3.63, 3.8) is 0 Å². The van der Waals surface area contributed by atoms with E-state index in [4.69, 9.17) is 25.8 Å². The maximum absolute atomic E-state index is 12.3. The predicted octanol–water partition coefficient (Wildman–Crippen LogP) is 4.21. The fourth-order valence-corrected chi connectivity index (χ4v) is 2.30. The molecule has 0 aliphatic rings. The van der Waals surface area contributed by atoms with Crippen LogP contribution in [-0.2, 0) is 32.2 Å².